The number of pyridine rings is 2. The summed E-state index contributed by atoms with van der Waals surface area (Å²) in [4.78, 5) is 39.6. The van der Waals surface area contributed by atoms with Crippen molar-refractivity contribution in [1.82, 2.24) is 9.55 Å². The third-order valence-corrected chi connectivity index (χ3v) is 4.20. The number of hydrogen-bond acceptors (Lipinski definition) is 4. The molecule has 24 heavy (non-hydrogen) atoms. The normalized spacial score (nSPS) is 11.1. The molecule has 0 unspecified atom stereocenters. The Kier molecular flexibility index (Phi) is 3.97. The number of nitrogens with zero attached hydrogens (tertiary/aromatic N) is 1. The molecule has 0 radical (unpaired) electrons. The minimum atomic E-state index is -0.647. The summed E-state index contributed by atoms with van der Waals surface area (Å²) in [7, 11) is 0. The number of H-pyrrole nitrogens is 1. The smallest absolute Gasteiger partial charge is 0.343 e. The molecule has 3 rings (SSSR count). The van der Waals surface area contributed by atoms with E-state index in [1.165, 1.54) is 6.20 Å². The van der Waals surface area contributed by atoms with E-state index in [9.17, 15) is 14.4 Å². The molecule has 124 valence electrons. The topological polar surface area (TPSA) is 81.2 Å². The maximum atomic E-state index is 12.8. The van der Waals surface area contributed by atoms with E-state index < -0.39 is 11.4 Å². The molecule has 0 amide bonds. The molecule has 0 saturated heterocycles. The third kappa shape index (κ3) is 2.31. The Hall–Kier alpha value is -2.89. The average molecular weight is 326 g/mol. The van der Waals surface area contributed by atoms with E-state index >= 15 is 0 Å². The Morgan fingerprint density at radius 2 is 1.96 bits per heavy atom. The summed E-state index contributed by atoms with van der Waals surface area (Å²) in [6.07, 6.45) is 3.12. The van der Waals surface area contributed by atoms with Gasteiger partial charge in [-0.2, -0.15) is 0 Å². The van der Waals surface area contributed by atoms with Gasteiger partial charge in [0.1, 0.15) is 5.56 Å². The first-order valence-electron chi connectivity index (χ1n) is 7.84. The van der Waals surface area contributed by atoms with Gasteiger partial charge in [-0.3, -0.25) is 9.59 Å². The first kappa shape index (κ1) is 16.0. The number of benzene rings is 1. The van der Waals surface area contributed by atoms with Crippen molar-refractivity contribution >= 4 is 27.6 Å². The summed E-state index contributed by atoms with van der Waals surface area (Å²) in [5, 5.41) is 1.57. The van der Waals surface area contributed by atoms with Gasteiger partial charge < -0.3 is 14.3 Å². The fourth-order valence-corrected chi connectivity index (χ4v) is 3.07. The van der Waals surface area contributed by atoms with Crippen molar-refractivity contribution < 1.29 is 9.53 Å². The van der Waals surface area contributed by atoms with Crippen molar-refractivity contribution in [2.75, 3.05) is 6.61 Å². The number of aryl methyl sites for hydroxylation is 2. The number of aromatic nitrogens is 2. The van der Waals surface area contributed by atoms with Crippen LogP contribution in [0.4, 0.5) is 0 Å². The van der Waals surface area contributed by atoms with E-state index in [-0.39, 0.29) is 17.7 Å². The van der Waals surface area contributed by atoms with E-state index in [0.29, 0.717) is 17.3 Å². The van der Waals surface area contributed by atoms with Crippen LogP contribution in [0.3, 0.4) is 0 Å². The van der Waals surface area contributed by atoms with Crippen molar-refractivity contribution in [3.8, 4) is 0 Å². The highest BCUT2D eigenvalue weighted by Gasteiger charge is 2.19. The molecule has 0 spiro atoms. The standard InChI is InChI=1S/C18H18N2O4/c1-4-20-9-14(18(23)24-5-2)16(21)13-8-12-11(10(3)15(13)20)6-7-19-17(12)22/h6-9H,4-5H2,1-3H3,(H,19,22). The first-order valence-corrected chi connectivity index (χ1v) is 7.84. The van der Waals surface area contributed by atoms with Gasteiger partial charge in [-0.1, -0.05) is 0 Å². The van der Waals surface area contributed by atoms with Crippen LogP contribution in [0.5, 0.6) is 0 Å². The van der Waals surface area contributed by atoms with E-state index in [0.717, 1.165) is 16.5 Å². The summed E-state index contributed by atoms with van der Waals surface area (Å²) >= 11 is 0. The molecule has 0 aliphatic heterocycles. The van der Waals surface area contributed by atoms with Gasteiger partial charge >= 0.3 is 5.97 Å². The van der Waals surface area contributed by atoms with Crippen molar-refractivity contribution in [3.05, 3.63) is 56.2 Å². The van der Waals surface area contributed by atoms with Gasteiger partial charge in [0.15, 0.2) is 0 Å². The SMILES string of the molecule is CCOC(=O)c1cn(CC)c2c(C)c3cc[nH]c(=O)c3cc2c1=O. The fraction of sp³-hybridized carbons (Fsp3) is 0.278. The van der Waals surface area contributed by atoms with Gasteiger partial charge in [0.25, 0.3) is 5.56 Å². The lowest BCUT2D eigenvalue weighted by molar-refractivity contribution is 0.0524. The predicted molar refractivity (Wildman–Crippen MR) is 92.7 cm³/mol. The van der Waals surface area contributed by atoms with Crippen molar-refractivity contribution in [3.63, 3.8) is 0 Å². The third-order valence-electron chi connectivity index (χ3n) is 4.20. The van der Waals surface area contributed by atoms with Crippen LogP contribution in [0.2, 0.25) is 0 Å². The second-order valence-corrected chi connectivity index (χ2v) is 5.54. The molecule has 0 atom stereocenters. The molecular formula is C18H18N2O4. The largest absolute Gasteiger partial charge is 0.462 e. The van der Waals surface area contributed by atoms with Gasteiger partial charge in [0.05, 0.1) is 12.1 Å². The van der Waals surface area contributed by atoms with E-state index in [4.69, 9.17) is 4.74 Å². The molecule has 6 heteroatoms. The second-order valence-electron chi connectivity index (χ2n) is 5.54. The predicted octanol–water partition coefficient (Wildman–Crippen LogP) is 2.35. The van der Waals surface area contributed by atoms with Crippen LogP contribution < -0.4 is 11.0 Å². The molecule has 0 saturated carbocycles. The number of aromatic amines is 1. The highest BCUT2D eigenvalue weighted by atomic mass is 16.5. The molecule has 3 aromatic rings. The number of rotatable bonds is 3. The summed E-state index contributed by atoms with van der Waals surface area (Å²) in [6.45, 7) is 6.27. The zero-order chi connectivity index (χ0) is 17.4. The van der Waals surface area contributed by atoms with E-state index in [2.05, 4.69) is 4.98 Å². The van der Waals surface area contributed by atoms with Gasteiger partial charge in [0.2, 0.25) is 5.43 Å². The maximum Gasteiger partial charge on any atom is 0.343 e. The quantitative estimate of drug-likeness (QED) is 0.592. The van der Waals surface area contributed by atoms with Crippen LogP contribution in [0.15, 0.2) is 34.1 Å². The zero-order valence-corrected chi connectivity index (χ0v) is 13.8. The lowest BCUT2D eigenvalue weighted by Crippen LogP contribution is -2.21. The number of ether oxygens (including phenoxy) is 1. The molecule has 6 nitrogen and oxygen atoms in total. The average Bonchev–Trinajstić information content (AvgIpc) is 2.57. The Balaban J connectivity index is 2.52. The molecule has 0 aliphatic rings. The number of fused-ring (bicyclic) bond motifs is 2. The molecule has 2 heterocycles. The van der Waals surface area contributed by atoms with Crippen LogP contribution >= 0.6 is 0 Å². The lowest BCUT2D eigenvalue weighted by Gasteiger charge is -2.15. The molecule has 2 aromatic heterocycles. The number of carbonyl (C=O) groups excluding carboxylic acids is 1. The summed E-state index contributed by atoms with van der Waals surface area (Å²) in [6, 6.07) is 3.38. The highest BCUT2D eigenvalue weighted by Crippen LogP contribution is 2.24. The Morgan fingerprint density at radius 3 is 2.62 bits per heavy atom. The molecule has 1 N–H and O–H groups in total. The van der Waals surface area contributed by atoms with Crippen LogP contribution in [0, 0.1) is 6.92 Å². The first-order chi connectivity index (χ1) is 11.5. The summed E-state index contributed by atoms with van der Waals surface area (Å²) in [5.74, 6) is -0.647. The van der Waals surface area contributed by atoms with Gasteiger partial charge in [-0.05, 0) is 43.9 Å². The van der Waals surface area contributed by atoms with Gasteiger partial charge in [0, 0.05) is 29.7 Å². The Bertz CT molecular complexity index is 1080. The minimum Gasteiger partial charge on any atom is -0.462 e. The molecule has 1 aromatic carbocycles. The Labute approximate surface area is 137 Å². The van der Waals surface area contributed by atoms with Crippen LogP contribution in [0.1, 0.15) is 29.8 Å². The minimum absolute atomic E-state index is 0.0164. The molecule has 0 bridgehead atoms. The van der Waals surface area contributed by atoms with Gasteiger partial charge in [-0.15, -0.1) is 0 Å². The molecule has 0 fully saturated rings. The van der Waals surface area contributed by atoms with E-state index in [1.807, 2.05) is 24.5 Å². The monoisotopic (exact) mass is 326 g/mol. The highest BCUT2D eigenvalue weighted by molar-refractivity contribution is 6.02. The van der Waals surface area contributed by atoms with Crippen molar-refractivity contribution in [1.29, 1.82) is 0 Å². The number of esters is 1. The second kappa shape index (κ2) is 5.96. The van der Waals surface area contributed by atoms with Crippen molar-refractivity contribution in [2.24, 2.45) is 0 Å². The number of hydrogen-bond donors (Lipinski definition) is 1. The summed E-state index contributed by atoms with van der Waals surface area (Å²) in [5.41, 5.74) is 0.872. The number of carbonyl (C=O) groups is 1. The van der Waals surface area contributed by atoms with Crippen LogP contribution in [0.25, 0.3) is 21.7 Å². The molecule has 0 aliphatic carbocycles. The molecular weight excluding hydrogens is 308 g/mol. The van der Waals surface area contributed by atoms with E-state index in [1.54, 1.807) is 19.2 Å². The van der Waals surface area contributed by atoms with Gasteiger partial charge in [-0.25, -0.2) is 4.79 Å². The lowest BCUT2D eigenvalue weighted by atomic mass is 10.0. The Morgan fingerprint density at radius 1 is 1.21 bits per heavy atom. The zero-order valence-electron chi connectivity index (χ0n) is 13.8. The number of nitrogens with one attached hydrogen (secondary N) is 1. The summed E-state index contributed by atoms with van der Waals surface area (Å²) < 4.78 is 6.82. The fourth-order valence-electron chi connectivity index (χ4n) is 3.07. The van der Waals surface area contributed by atoms with Crippen molar-refractivity contribution in [2.45, 2.75) is 27.3 Å². The maximum absolute atomic E-state index is 12.8. The van der Waals surface area contributed by atoms with Crippen LogP contribution in [-0.4, -0.2) is 22.1 Å². The van der Waals surface area contributed by atoms with Crippen LogP contribution in [-0.2, 0) is 11.3 Å².